The molecule has 0 spiro atoms. The number of carbonyl (C=O) groups is 1. The van der Waals surface area contributed by atoms with Crippen LogP contribution in [0.4, 0.5) is 4.39 Å². The molecule has 2 aromatic rings. The van der Waals surface area contributed by atoms with Gasteiger partial charge in [-0.15, -0.1) is 0 Å². The first-order valence-electron chi connectivity index (χ1n) is 8.70. The summed E-state index contributed by atoms with van der Waals surface area (Å²) in [7, 11) is 3.18. The fourth-order valence-electron chi connectivity index (χ4n) is 2.84. The van der Waals surface area contributed by atoms with Crippen LogP contribution in [0.1, 0.15) is 37.4 Å². The number of rotatable bonds is 8. The van der Waals surface area contributed by atoms with E-state index in [-0.39, 0.29) is 23.7 Å². The summed E-state index contributed by atoms with van der Waals surface area (Å²) in [5.74, 6) is 1.19. The molecule has 0 aliphatic rings. The van der Waals surface area contributed by atoms with Gasteiger partial charge < -0.3 is 14.8 Å². The monoisotopic (exact) mass is 359 g/mol. The average molecular weight is 359 g/mol. The molecule has 26 heavy (non-hydrogen) atoms. The number of halogens is 1. The van der Waals surface area contributed by atoms with Crippen molar-refractivity contribution in [2.75, 3.05) is 14.2 Å². The van der Waals surface area contributed by atoms with Crippen LogP contribution < -0.4 is 14.8 Å². The van der Waals surface area contributed by atoms with E-state index >= 15 is 0 Å². The highest BCUT2D eigenvalue weighted by molar-refractivity contribution is 5.76. The largest absolute Gasteiger partial charge is 0.493 e. The fraction of sp³-hybridized carbons (Fsp3) is 0.381. The summed E-state index contributed by atoms with van der Waals surface area (Å²) >= 11 is 0. The van der Waals surface area contributed by atoms with Crippen molar-refractivity contribution >= 4 is 5.91 Å². The van der Waals surface area contributed by atoms with Gasteiger partial charge in [-0.2, -0.15) is 0 Å². The first kappa shape index (κ1) is 19.8. The number of aryl methyl sites for hydroxylation is 1. The second kappa shape index (κ2) is 9.22. The zero-order valence-electron chi connectivity index (χ0n) is 15.7. The molecule has 0 aliphatic heterocycles. The van der Waals surface area contributed by atoms with Crippen LogP contribution in [-0.2, 0) is 11.2 Å². The Morgan fingerprint density at radius 1 is 1.04 bits per heavy atom. The minimum Gasteiger partial charge on any atom is -0.493 e. The highest BCUT2D eigenvalue weighted by Gasteiger charge is 2.18. The van der Waals surface area contributed by atoms with Gasteiger partial charge in [-0.25, -0.2) is 4.39 Å². The summed E-state index contributed by atoms with van der Waals surface area (Å²) in [6.07, 6.45) is 0.959. The third-order valence-electron chi connectivity index (χ3n) is 4.30. The van der Waals surface area contributed by atoms with E-state index in [9.17, 15) is 9.18 Å². The van der Waals surface area contributed by atoms with Crippen molar-refractivity contribution in [3.63, 3.8) is 0 Å². The van der Waals surface area contributed by atoms with Crippen molar-refractivity contribution in [3.8, 4) is 11.5 Å². The van der Waals surface area contributed by atoms with E-state index in [1.165, 1.54) is 12.1 Å². The van der Waals surface area contributed by atoms with Gasteiger partial charge in [-0.1, -0.05) is 32.0 Å². The number of carbonyl (C=O) groups excluding carboxylic acids is 1. The number of hydrogen-bond donors (Lipinski definition) is 1. The van der Waals surface area contributed by atoms with E-state index in [1.807, 2.05) is 32.0 Å². The summed E-state index contributed by atoms with van der Waals surface area (Å²) in [5.41, 5.74) is 1.90. The van der Waals surface area contributed by atoms with Crippen molar-refractivity contribution in [2.45, 2.75) is 32.7 Å². The Hall–Kier alpha value is -2.56. The third-order valence-corrected chi connectivity index (χ3v) is 4.30. The Morgan fingerprint density at radius 3 is 2.27 bits per heavy atom. The van der Waals surface area contributed by atoms with Gasteiger partial charge in [-0.3, -0.25) is 4.79 Å². The van der Waals surface area contributed by atoms with E-state index in [0.717, 1.165) is 11.1 Å². The number of benzene rings is 2. The van der Waals surface area contributed by atoms with Gasteiger partial charge in [-0.05, 0) is 47.7 Å². The summed E-state index contributed by atoms with van der Waals surface area (Å²) in [6, 6.07) is 11.8. The Kier molecular flexibility index (Phi) is 7.01. The molecule has 0 aromatic heterocycles. The number of hydrogen-bond acceptors (Lipinski definition) is 3. The molecule has 1 N–H and O–H groups in total. The van der Waals surface area contributed by atoms with Crippen LogP contribution in [0.2, 0.25) is 0 Å². The lowest BCUT2D eigenvalue weighted by atomic mass is 9.95. The van der Waals surface area contributed by atoms with Crippen molar-refractivity contribution in [1.82, 2.24) is 5.32 Å². The normalized spacial score (nSPS) is 11.9. The first-order valence-corrected chi connectivity index (χ1v) is 8.70. The number of amides is 1. The van der Waals surface area contributed by atoms with Gasteiger partial charge in [0.25, 0.3) is 0 Å². The molecular formula is C21H26FNO3. The van der Waals surface area contributed by atoms with Crippen LogP contribution >= 0.6 is 0 Å². The van der Waals surface area contributed by atoms with Gasteiger partial charge >= 0.3 is 0 Å². The molecule has 5 heteroatoms. The molecule has 1 unspecified atom stereocenters. The average Bonchev–Trinajstić information content (AvgIpc) is 2.64. The lowest BCUT2D eigenvalue weighted by Gasteiger charge is -2.23. The first-order chi connectivity index (χ1) is 12.4. The molecule has 0 saturated heterocycles. The van der Waals surface area contributed by atoms with Crippen molar-refractivity contribution in [1.29, 1.82) is 0 Å². The summed E-state index contributed by atoms with van der Waals surface area (Å²) < 4.78 is 23.6. The van der Waals surface area contributed by atoms with Crippen molar-refractivity contribution in [3.05, 3.63) is 59.4 Å². The molecule has 1 atom stereocenters. The lowest BCUT2D eigenvalue weighted by Crippen LogP contribution is -2.31. The van der Waals surface area contributed by atoms with E-state index in [4.69, 9.17) is 9.47 Å². The Morgan fingerprint density at radius 2 is 1.69 bits per heavy atom. The SMILES string of the molecule is COc1ccc(CCC(=O)NC(c2ccc(F)cc2)C(C)C)cc1OC. The Bertz CT molecular complexity index is 729. The van der Waals surface area contributed by atoms with Crippen LogP contribution in [0, 0.1) is 11.7 Å². The summed E-state index contributed by atoms with van der Waals surface area (Å²) in [5, 5.41) is 3.06. The van der Waals surface area contributed by atoms with Crippen LogP contribution in [0.15, 0.2) is 42.5 Å². The maximum absolute atomic E-state index is 13.1. The summed E-state index contributed by atoms with van der Waals surface area (Å²) in [6.45, 7) is 4.06. The van der Waals surface area contributed by atoms with Gasteiger partial charge in [0, 0.05) is 6.42 Å². The van der Waals surface area contributed by atoms with Crippen LogP contribution in [0.5, 0.6) is 11.5 Å². The van der Waals surface area contributed by atoms with E-state index in [0.29, 0.717) is 24.3 Å². The third kappa shape index (κ3) is 5.22. The molecule has 0 heterocycles. The molecule has 1 amide bonds. The highest BCUT2D eigenvalue weighted by Crippen LogP contribution is 2.28. The number of methoxy groups -OCH3 is 2. The molecule has 0 saturated carbocycles. The van der Waals surface area contributed by atoms with Crippen LogP contribution in [0.25, 0.3) is 0 Å². The maximum atomic E-state index is 13.1. The fourth-order valence-corrected chi connectivity index (χ4v) is 2.84. The van der Waals surface area contributed by atoms with Crippen LogP contribution in [0.3, 0.4) is 0 Å². The predicted octanol–water partition coefficient (Wildman–Crippen LogP) is 4.29. The van der Waals surface area contributed by atoms with Gasteiger partial charge in [0.2, 0.25) is 5.91 Å². The molecule has 0 aliphatic carbocycles. The standard InChI is InChI=1S/C21H26FNO3/c1-14(2)21(16-7-9-17(22)10-8-16)23-20(24)12-6-15-5-11-18(25-3)19(13-15)26-4/h5,7-11,13-14,21H,6,12H2,1-4H3,(H,23,24). The topological polar surface area (TPSA) is 47.6 Å². The van der Waals surface area contributed by atoms with Crippen LogP contribution in [-0.4, -0.2) is 20.1 Å². The van der Waals surface area contributed by atoms with E-state index in [1.54, 1.807) is 26.4 Å². The van der Waals surface area contributed by atoms with Gasteiger partial charge in [0.1, 0.15) is 5.82 Å². The predicted molar refractivity (Wildman–Crippen MR) is 100.0 cm³/mol. The number of nitrogens with one attached hydrogen (secondary N) is 1. The minimum absolute atomic E-state index is 0.0391. The summed E-state index contributed by atoms with van der Waals surface area (Å²) in [4.78, 5) is 12.4. The second-order valence-corrected chi connectivity index (χ2v) is 6.53. The van der Waals surface area contributed by atoms with Gasteiger partial charge in [0.15, 0.2) is 11.5 Å². The van der Waals surface area contributed by atoms with E-state index < -0.39 is 0 Å². The smallest absolute Gasteiger partial charge is 0.220 e. The molecule has 140 valence electrons. The molecule has 2 aromatic carbocycles. The maximum Gasteiger partial charge on any atom is 0.220 e. The Balaban J connectivity index is 1.99. The highest BCUT2D eigenvalue weighted by atomic mass is 19.1. The quantitative estimate of drug-likeness (QED) is 0.765. The molecule has 0 radical (unpaired) electrons. The zero-order chi connectivity index (χ0) is 19.1. The molecular weight excluding hydrogens is 333 g/mol. The van der Waals surface area contributed by atoms with Gasteiger partial charge in [0.05, 0.1) is 20.3 Å². The number of ether oxygens (including phenoxy) is 2. The molecule has 0 fully saturated rings. The van der Waals surface area contributed by atoms with Crippen molar-refractivity contribution in [2.24, 2.45) is 5.92 Å². The van der Waals surface area contributed by atoms with Crippen molar-refractivity contribution < 1.29 is 18.7 Å². The Labute approximate surface area is 154 Å². The van der Waals surface area contributed by atoms with E-state index in [2.05, 4.69) is 5.32 Å². The second-order valence-electron chi connectivity index (χ2n) is 6.53. The molecule has 0 bridgehead atoms. The minimum atomic E-state index is -0.281. The molecule has 4 nitrogen and oxygen atoms in total. The zero-order valence-corrected chi connectivity index (χ0v) is 15.7. The molecule has 2 rings (SSSR count). The lowest BCUT2D eigenvalue weighted by molar-refractivity contribution is -0.122.